The number of hydrogen-bond donors (Lipinski definition) is 0. The third kappa shape index (κ3) is 3.13. The number of aromatic nitrogens is 4. The summed E-state index contributed by atoms with van der Waals surface area (Å²) in [5, 5.41) is 11.2. The number of ether oxygens (including phenoxy) is 1. The smallest absolute Gasteiger partial charge is 0.189 e. The molecule has 0 fully saturated rings. The molecule has 6 nitrogen and oxygen atoms in total. The van der Waals surface area contributed by atoms with Crippen LogP contribution in [-0.2, 0) is 17.9 Å². The highest BCUT2D eigenvalue weighted by atomic mass is 16.5. The minimum absolute atomic E-state index is 0.0864. The average Bonchev–Trinajstić information content (AvgIpc) is 2.84. The van der Waals surface area contributed by atoms with E-state index in [9.17, 15) is 4.79 Å². The Kier molecular flexibility index (Phi) is 4.01. The molecule has 0 aliphatic heterocycles. The molecule has 18 heavy (non-hydrogen) atoms. The number of ketones is 1. The minimum atomic E-state index is 0.0864. The molecular formula is C12H14N4O2. The molecule has 0 bridgehead atoms. The summed E-state index contributed by atoms with van der Waals surface area (Å²) >= 11 is 0. The predicted molar refractivity (Wildman–Crippen MR) is 63.9 cm³/mol. The fraction of sp³-hybridized carbons (Fsp3) is 0.333. The van der Waals surface area contributed by atoms with Crippen LogP contribution in [0.2, 0.25) is 0 Å². The van der Waals surface area contributed by atoms with Gasteiger partial charge in [0.15, 0.2) is 11.6 Å². The van der Waals surface area contributed by atoms with Crippen LogP contribution in [0.5, 0.6) is 5.75 Å². The molecule has 0 unspecified atom stereocenters. The maximum Gasteiger partial charge on any atom is 0.189 e. The van der Waals surface area contributed by atoms with Gasteiger partial charge in [-0.1, -0.05) is 25.1 Å². The lowest BCUT2D eigenvalue weighted by Crippen LogP contribution is -2.14. The largest absolute Gasteiger partial charge is 0.486 e. The van der Waals surface area contributed by atoms with Gasteiger partial charge in [0.2, 0.25) is 0 Å². The third-order valence-electron chi connectivity index (χ3n) is 2.44. The number of hydrogen-bond acceptors (Lipinski definition) is 5. The van der Waals surface area contributed by atoms with Crippen molar-refractivity contribution >= 4 is 5.78 Å². The van der Waals surface area contributed by atoms with Crippen LogP contribution in [0.15, 0.2) is 30.3 Å². The van der Waals surface area contributed by atoms with Crippen LogP contribution in [0.1, 0.15) is 19.2 Å². The van der Waals surface area contributed by atoms with Gasteiger partial charge in [0, 0.05) is 6.42 Å². The lowest BCUT2D eigenvalue weighted by molar-refractivity contribution is -0.119. The number of Topliss-reactive ketones (excluding diaryl/α,β-unsaturated/α-hetero) is 1. The Morgan fingerprint density at radius 2 is 2.11 bits per heavy atom. The molecule has 0 amide bonds. The normalized spacial score (nSPS) is 10.3. The van der Waals surface area contributed by atoms with Crippen LogP contribution in [0, 0.1) is 0 Å². The standard InChI is InChI=1S/C12H14N4O2/c1-2-10(17)8-16-12(13-14-15-16)9-18-11-6-4-3-5-7-11/h3-7H,2,8-9H2,1H3. The Balaban J connectivity index is 1.98. The first-order valence-electron chi connectivity index (χ1n) is 5.74. The van der Waals surface area contributed by atoms with Gasteiger partial charge in [0.25, 0.3) is 0 Å². The SMILES string of the molecule is CCC(=O)Cn1nnnc1COc1ccccc1. The van der Waals surface area contributed by atoms with Gasteiger partial charge in [0.05, 0.1) is 0 Å². The van der Waals surface area contributed by atoms with E-state index < -0.39 is 0 Å². The summed E-state index contributed by atoms with van der Waals surface area (Å²) < 4.78 is 7.00. The number of tetrazole rings is 1. The van der Waals surface area contributed by atoms with Crippen molar-refractivity contribution in [3.63, 3.8) is 0 Å². The molecule has 6 heteroatoms. The van der Waals surface area contributed by atoms with Crippen LogP contribution in [0.3, 0.4) is 0 Å². The maximum absolute atomic E-state index is 11.3. The van der Waals surface area contributed by atoms with Crippen LogP contribution in [-0.4, -0.2) is 26.0 Å². The van der Waals surface area contributed by atoms with E-state index in [0.717, 1.165) is 5.75 Å². The van der Waals surface area contributed by atoms with E-state index in [1.807, 2.05) is 37.3 Å². The number of rotatable bonds is 6. The lowest BCUT2D eigenvalue weighted by Gasteiger charge is -2.05. The molecule has 0 N–H and O–H groups in total. The monoisotopic (exact) mass is 246 g/mol. The van der Waals surface area contributed by atoms with Gasteiger partial charge >= 0.3 is 0 Å². The van der Waals surface area contributed by atoms with Crippen LogP contribution >= 0.6 is 0 Å². The summed E-state index contributed by atoms with van der Waals surface area (Å²) in [4.78, 5) is 11.3. The second-order valence-electron chi connectivity index (χ2n) is 3.75. The summed E-state index contributed by atoms with van der Waals surface area (Å²) in [7, 11) is 0. The summed E-state index contributed by atoms with van der Waals surface area (Å²) in [5.41, 5.74) is 0. The van der Waals surface area contributed by atoms with Crippen molar-refractivity contribution in [2.45, 2.75) is 26.5 Å². The van der Waals surface area contributed by atoms with E-state index in [1.165, 1.54) is 4.68 Å². The number of carbonyl (C=O) groups is 1. The number of benzene rings is 1. The zero-order valence-electron chi connectivity index (χ0n) is 10.1. The van der Waals surface area contributed by atoms with Crippen molar-refractivity contribution in [3.05, 3.63) is 36.2 Å². The van der Waals surface area contributed by atoms with Gasteiger partial charge in [-0.15, -0.1) is 5.10 Å². The zero-order valence-corrected chi connectivity index (χ0v) is 10.1. The van der Waals surface area contributed by atoms with Crippen molar-refractivity contribution in [1.29, 1.82) is 0 Å². The molecule has 2 aromatic rings. The first kappa shape index (κ1) is 12.2. The molecule has 0 saturated carbocycles. The second kappa shape index (κ2) is 5.90. The molecule has 1 heterocycles. The Labute approximate surface area is 105 Å². The number of para-hydroxylation sites is 1. The van der Waals surface area contributed by atoms with E-state index >= 15 is 0 Å². The topological polar surface area (TPSA) is 69.9 Å². The Morgan fingerprint density at radius 3 is 2.83 bits per heavy atom. The summed E-state index contributed by atoms with van der Waals surface area (Å²) in [6.07, 6.45) is 0.471. The average molecular weight is 246 g/mol. The molecule has 2 rings (SSSR count). The highest BCUT2D eigenvalue weighted by Gasteiger charge is 2.09. The van der Waals surface area contributed by atoms with Crippen molar-refractivity contribution in [2.75, 3.05) is 0 Å². The third-order valence-corrected chi connectivity index (χ3v) is 2.44. The highest BCUT2D eigenvalue weighted by Crippen LogP contribution is 2.10. The fourth-order valence-corrected chi connectivity index (χ4v) is 1.39. The Hall–Kier alpha value is -2.24. The van der Waals surface area contributed by atoms with Gasteiger partial charge in [-0.05, 0) is 22.6 Å². The van der Waals surface area contributed by atoms with E-state index in [2.05, 4.69) is 15.5 Å². The molecule has 1 aromatic heterocycles. The van der Waals surface area contributed by atoms with Gasteiger partial charge in [-0.2, -0.15) is 0 Å². The summed E-state index contributed by atoms with van der Waals surface area (Å²) in [5.74, 6) is 1.37. The van der Waals surface area contributed by atoms with E-state index in [0.29, 0.717) is 12.2 Å². The first-order chi connectivity index (χ1) is 8.79. The van der Waals surface area contributed by atoms with Gasteiger partial charge in [-0.25, -0.2) is 4.68 Å². The molecule has 0 spiro atoms. The predicted octanol–water partition coefficient (Wildman–Crippen LogP) is 1.23. The molecule has 0 radical (unpaired) electrons. The lowest BCUT2D eigenvalue weighted by atomic mass is 10.3. The van der Waals surface area contributed by atoms with Crippen LogP contribution < -0.4 is 4.74 Å². The zero-order chi connectivity index (χ0) is 12.8. The Morgan fingerprint density at radius 1 is 1.33 bits per heavy atom. The Bertz CT molecular complexity index is 510. The summed E-state index contributed by atoms with van der Waals surface area (Å²) in [6, 6.07) is 9.39. The quantitative estimate of drug-likeness (QED) is 0.766. The van der Waals surface area contributed by atoms with E-state index in [4.69, 9.17) is 4.74 Å². The van der Waals surface area contributed by atoms with Crippen molar-refractivity contribution < 1.29 is 9.53 Å². The molecule has 0 saturated heterocycles. The van der Waals surface area contributed by atoms with E-state index in [1.54, 1.807) is 0 Å². The van der Waals surface area contributed by atoms with Gasteiger partial charge in [0.1, 0.15) is 18.9 Å². The molecule has 0 aliphatic carbocycles. The molecule has 0 aliphatic rings. The van der Waals surface area contributed by atoms with Gasteiger partial charge in [-0.3, -0.25) is 4.79 Å². The number of nitrogens with zero attached hydrogens (tertiary/aromatic N) is 4. The fourth-order valence-electron chi connectivity index (χ4n) is 1.39. The molecule has 0 atom stereocenters. The van der Waals surface area contributed by atoms with E-state index in [-0.39, 0.29) is 18.9 Å². The van der Waals surface area contributed by atoms with Gasteiger partial charge < -0.3 is 4.74 Å². The number of carbonyl (C=O) groups excluding carboxylic acids is 1. The first-order valence-corrected chi connectivity index (χ1v) is 5.74. The van der Waals surface area contributed by atoms with Crippen molar-refractivity contribution in [1.82, 2.24) is 20.2 Å². The minimum Gasteiger partial charge on any atom is -0.486 e. The molecule has 94 valence electrons. The van der Waals surface area contributed by atoms with Crippen LogP contribution in [0.25, 0.3) is 0 Å². The summed E-state index contributed by atoms with van der Waals surface area (Å²) in [6.45, 7) is 2.25. The van der Waals surface area contributed by atoms with Crippen molar-refractivity contribution in [2.24, 2.45) is 0 Å². The van der Waals surface area contributed by atoms with Crippen molar-refractivity contribution in [3.8, 4) is 5.75 Å². The maximum atomic E-state index is 11.3. The molecule has 1 aromatic carbocycles. The second-order valence-corrected chi connectivity index (χ2v) is 3.75. The van der Waals surface area contributed by atoms with Crippen LogP contribution in [0.4, 0.5) is 0 Å². The highest BCUT2D eigenvalue weighted by molar-refractivity contribution is 5.77. The molecular weight excluding hydrogens is 232 g/mol.